The Bertz CT molecular complexity index is 94.9. The van der Waals surface area contributed by atoms with Crippen LogP contribution in [0.25, 0.3) is 0 Å². The molecule has 10 heavy (non-hydrogen) atoms. The lowest BCUT2D eigenvalue weighted by molar-refractivity contribution is -0.0715. The highest BCUT2D eigenvalue weighted by Crippen LogP contribution is 2.21. The summed E-state index contributed by atoms with van der Waals surface area (Å²) >= 11 is 0. The van der Waals surface area contributed by atoms with Crippen molar-refractivity contribution < 1.29 is 14.6 Å². The summed E-state index contributed by atoms with van der Waals surface area (Å²) in [6, 6.07) is 0. The third-order valence-electron chi connectivity index (χ3n) is 1.78. The lowest BCUT2D eigenvalue weighted by Crippen LogP contribution is -2.11. The first kappa shape index (κ1) is 7.98. The molecule has 0 saturated heterocycles. The smallest absolute Gasteiger partial charge is 0.146 e. The van der Waals surface area contributed by atoms with Gasteiger partial charge in [-0.05, 0) is 19.3 Å². The Morgan fingerprint density at radius 3 is 2.80 bits per heavy atom. The van der Waals surface area contributed by atoms with E-state index in [-0.39, 0.29) is 12.2 Å². The van der Waals surface area contributed by atoms with E-state index in [0.717, 1.165) is 19.3 Å². The van der Waals surface area contributed by atoms with E-state index in [1.165, 1.54) is 0 Å². The first-order chi connectivity index (χ1) is 4.83. The molecule has 1 N–H and O–H groups in total. The average Bonchev–Trinajstić information content (AvgIpc) is 2.31. The van der Waals surface area contributed by atoms with Crippen LogP contribution in [-0.2, 0) is 9.47 Å². The third kappa shape index (κ3) is 2.25. The Morgan fingerprint density at radius 2 is 2.30 bits per heavy atom. The van der Waals surface area contributed by atoms with Crippen molar-refractivity contribution in [3.05, 3.63) is 0 Å². The molecule has 2 atom stereocenters. The highest BCUT2D eigenvalue weighted by atomic mass is 16.7. The first-order valence-corrected chi connectivity index (χ1v) is 3.61. The lowest BCUT2D eigenvalue weighted by Gasteiger charge is -2.08. The molecule has 1 fully saturated rings. The van der Waals surface area contributed by atoms with E-state index in [2.05, 4.69) is 0 Å². The summed E-state index contributed by atoms with van der Waals surface area (Å²) in [7, 11) is 1.60. The van der Waals surface area contributed by atoms with Crippen LogP contribution in [0.2, 0.25) is 0 Å². The molecule has 1 aliphatic carbocycles. The Morgan fingerprint density at radius 1 is 1.50 bits per heavy atom. The van der Waals surface area contributed by atoms with Crippen LogP contribution in [0.1, 0.15) is 19.3 Å². The van der Waals surface area contributed by atoms with Crippen LogP contribution in [0.5, 0.6) is 0 Å². The fourth-order valence-corrected chi connectivity index (χ4v) is 1.23. The lowest BCUT2D eigenvalue weighted by atomic mass is 10.3. The van der Waals surface area contributed by atoms with Crippen LogP contribution in [0, 0.1) is 0 Å². The van der Waals surface area contributed by atoms with Crippen LogP contribution in [0.15, 0.2) is 0 Å². The maximum atomic E-state index is 9.08. The molecule has 0 amide bonds. The summed E-state index contributed by atoms with van der Waals surface area (Å²) in [6.07, 6.45) is 2.67. The number of hydrogen-bond acceptors (Lipinski definition) is 3. The Kier molecular flexibility index (Phi) is 3.12. The van der Waals surface area contributed by atoms with E-state index in [4.69, 9.17) is 14.6 Å². The van der Waals surface area contributed by atoms with Gasteiger partial charge in [0.25, 0.3) is 0 Å². The topological polar surface area (TPSA) is 38.7 Å². The second kappa shape index (κ2) is 3.91. The van der Waals surface area contributed by atoms with Crippen molar-refractivity contribution in [2.45, 2.75) is 31.5 Å². The Hall–Kier alpha value is -0.120. The van der Waals surface area contributed by atoms with Crippen LogP contribution in [0.4, 0.5) is 0 Å². The average molecular weight is 146 g/mol. The second-order valence-corrected chi connectivity index (χ2v) is 2.66. The molecule has 1 saturated carbocycles. The van der Waals surface area contributed by atoms with Gasteiger partial charge in [-0.1, -0.05) is 0 Å². The Labute approximate surface area is 60.9 Å². The zero-order valence-corrected chi connectivity index (χ0v) is 6.25. The van der Waals surface area contributed by atoms with E-state index < -0.39 is 0 Å². The molecule has 0 bridgehead atoms. The number of ether oxygens (including phenoxy) is 2. The predicted octanol–water partition coefficient (Wildman–Crippen LogP) is 0.520. The van der Waals surface area contributed by atoms with E-state index >= 15 is 0 Å². The van der Waals surface area contributed by atoms with Gasteiger partial charge in [-0.3, -0.25) is 0 Å². The molecular formula is C7H14O3. The fourth-order valence-electron chi connectivity index (χ4n) is 1.23. The van der Waals surface area contributed by atoms with Crippen LogP contribution in [-0.4, -0.2) is 31.2 Å². The van der Waals surface area contributed by atoms with Crippen molar-refractivity contribution in [3.8, 4) is 0 Å². The van der Waals surface area contributed by atoms with E-state index in [0.29, 0.717) is 6.79 Å². The normalized spacial score (nSPS) is 33.0. The van der Waals surface area contributed by atoms with Gasteiger partial charge < -0.3 is 14.6 Å². The van der Waals surface area contributed by atoms with Crippen molar-refractivity contribution >= 4 is 0 Å². The van der Waals surface area contributed by atoms with Crippen molar-refractivity contribution in [2.24, 2.45) is 0 Å². The monoisotopic (exact) mass is 146 g/mol. The van der Waals surface area contributed by atoms with Gasteiger partial charge in [0.15, 0.2) is 0 Å². The number of aliphatic hydroxyl groups excluding tert-OH is 1. The highest BCUT2D eigenvalue weighted by molar-refractivity contribution is 4.74. The maximum Gasteiger partial charge on any atom is 0.146 e. The van der Waals surface area contributed by atoms with Crippen molar-refractivity contribution in [1.29, 1.82) is 0 Å². The van der Waals surface area contributed by atoms with Gasteiger partial charge in [0.05, 0.1) is 12.2 Å². The van der Waals surface area contributed by atoms with Crippen molar-refractivity contribution in [1.82, 2.24) is 0 Å². The molecule has 0 aliphatic heterocycles. The minimum Gasteiger partial charge on any atom is -0.393 e. The molecule has 0 aromatic heterocycles. The van der Waals surface area contributed by atoms with Gasteiger partial charge in [0.1, 0.15) is 6.79 Å². The van der Waals surface area contributed by atoms with Crippen molar-refractivity contribution in [2.75, 3.05) is 13.9 Å². The summed E-state index contributed by atoms with van der Waals surface area (Å²) in [6.45, 7) is 0.345. The highest BCUT2D eigenvalue weighted by Gasteiger charge is 2.22. The van der Waals surface area contributed by atoms with Gasteiger partial charge >= 0.3 is 0 Å². The van der Waals surface area contributed by atoms with Gasteiger partial charge in [-0.25, -0.2) is 0 Å². The molecule has 0 aromatic carbocycles. The van der Waals surface area contributed by atoms with Crippen LogP contribution < -0.4 is 0 Å². The minimum atomic E-state index is -0.151. The molecule has 1 rings (SSSR count). The molecule has 0 unspecified atom stereocenters. The number of methoxy groups -OCH3 is 1. The minimum absolute atomic E-state index is 0.151. The molecule has 0 spiro atoms. The SMILES string of the molecule is COCO[C@H]1CC[C@@H](O)C1. The molecule has 3 heteroatoms. The van der Waals surface area contributed by atoms with Gasteiger partial charge in [-0.2, -0.15) is 0 Å². The zero-order valence-electron chi connectivity index (χ0n) is 6.25. The summed E-state index contributed by atoms with van der Waals surface area (Å²) in [5.74, 6) is 0. The summed E-state index contributed by atoms with van der Waals surface area (Å²) in [4.78, 5) is 0. The largest absolute Gasteiger partial charge is 0.393 e. The Balaban J connectivity index is 2.06. The first-order valence-electron chi connectivity index (χ1n) is 3.61. The molecule has 0 aromatic rings. The second-order valence-electron chi connectivity index (χ2n) is 2.66. The maximum absolute atomic E-state index is 9.08. The number of aliphatic hydroxyl groups is 1. The predicted molar refractivity (Wildman–Crippen MR) is 36.6 cm³/mol. The zero-order chi connectivity index (χ0) is 7.40. The molecule has 3 nitrogen and oxygen atoms in total. The molecule has 1 aliphatic rings. The van der Waals surface area contributed by atoms with Crippen LogP contribution in [0.3, 0.4) is 0 Å². The molecule has 0 radical (unpaired) electrons. The molecule has 60 valence electrons. The summed E-state index contributed by atoms with van der Waals surface area (Å²) in [5.41, 5.74) is 0. The summed E-state index contributed by atoms with van der Waals surface area (Å²) < 4.78 is 9.98. The van der Waals surface area contributed by atoms with E-state index in [1.807, 2.05) is 0 Å². The van der Waals surface area contributed by atoms with Gasteiger partial charge in [-0.15, -0.1) is 0 Å². The van der Waals surface area contributed by atoms with Gasteiger partial charge in [0, 0.05) is 7.11 Å². The third-order valence-corrected chi connectivity index (χ3v) is 1.78. The van der Waals surface area contributed by atoms with Crippen molar-refractivity contribution in [3.63, 3.8) is 0 Å². The quantitative estimate of drug-likeness (QED) is 0.590. The molecular weight excluding hydrogens is 132 g/mol. The number of hydrogen-bond donors (Lipinski definition) is 1. The standard InChI is InChI=1S/C7H14O3/c1-9-5-10-7-3-2-6(8)4-7/h6-8H,2-5H2,1H3/t6-,7+/m1/s1. The van der Waals surface area contributed by atoms with Gasteiger partial charge in [0.2, 0.25) is 0 Å². The van der Waals surface area contributed by atoms with E-state index in [9.17, 15) is 0 Å². The van der Waals surface area contributed by atoms with E-state index in [1.54, 1.807) is 7.11 Å². The fraction of sp³-hybridized carbons (Fsp3) is 1.00. The number of rotatable bonds is 3. The summed E-state index contributed by atoms with van der Waals surface area (Å²) in [5, 5.41) is 9.08. The molecule has 0 heterocycles. The van der Waals surface area contributed by atoms with Crippen LogP contribution >= 0.6 is 0 Å².